The first-order valence-electron chi connectivity index (χ1n) is 7.12. The fourth-order valence-corrected chi connectivity index (χ4v) is 2.97. The number of sulfone groups is 1. The first-order chi connectivity index (χ1) is 11.3. The molecule has 1 N–H and O–H groups in total. The van der Waals surface area contributed by atoms with Crippen LogP contribution in [-0.4, -0.2) is 34.8 Å². The quantitative estimate of drug-likeness (QED) is 0.866. The van der Waals surface area contributed by atoms with Crippen molar-refractivity contribution >= 4 is 21.4 Å². The van der Waals surface area contributed by atoms with Gasteiger partial charge in [-0.3, -0.25) is 4.79 Å². The Hall–Kier alpha value is -2.54. The lowest BCUT2D eigenvalue weighted by atomic mass is 10.1. The summed E-state index contributed by atoms with van der Waals surface area (Å²) in [6.07, 6.45) is 1.16. The molecule has 2 aromatic carbocycles. The second-order valence-corrected chi connectivity index (χ2v) is 7.47. The Kier molecular flexibility index (Phi) is 5.46. The topological polar surface area (TPSA) is 81.7 Å². The summed E-state index contributed by atoms with van der Waals surface area (Å²) in [5, 5.41) is 2.75. The van der Waals surface area contributed by atoms with Crippen molar-refractivity contribution in [1.29, 1.82) is 0 Å². The molecule has 0 spiro atoms. The lowest BCUT2D eigenvalue weighted by Crippen LogP contribution is -2.12. The SMILES string of the molecule is COc1cc(NC(=O)c2cccc(CS(C)(=O)=O)c2)cc(OC)c1. The summed E-state index contributed by atoms with van der Waals surface area (Å²) in [6.45, 7) is 0. The molecule has 0 aliphatic carbocycles. The summed E-state index contributed by atoms with van der Waals surface area (Å²) in [7, 11) is -0.116. The van der Waals surface area contributed by atoms with Crippen molar-refractivity contribution in [3.8, 4) is 11.5 Å². The highest BCUT2D eigenvalue weighted by Crippen LogP contribution is 2.26. The summed E-state index contributed by atoms with van der Waals surface area (Å²) in [4.78, 5) is 12.4. The van der Waals surface area contributed by atoms with Gasteiger partial charge in [-0.2, -0.15) is 0 Å². The van der Waals surface area contributed by atoms with Gasteiger partial charge < -0.3 is 14.8 Å². The van der Waals surface area contributed by atoms with E-state index in [-0.39, 0.29) is 11.7 Å². The van der Waals surface area contributed by atoms with Crippen LogP contribution in [0.4, 0.5) is 5.69 Å². The molecule has 0 aliphatic heterocycles. The average Bonchev–Trinajstić information content (AvgIpc) is 2.53. The number of anilines is 1. The van der Waals surface area contributed by atoms with Crippen molar-refractivity contribution < 1.29 is 22.7 Å². The molecule has 0 saturated carbocycles. The van der Waals surface area contributed by atoms with E-state index in [2.05, 4.69) is 5.32 Å². The van der Waals surface area contributed by atoms with E-state index in [0.29, 0.717) is 28.3 Å². The normalized spacial score (nSPS) is 11.0. The smallest absolute Gasteiger partial charge is 0.255 e. The second kappa shape index (κ2) is 7.35. The maximum Gasteiger partial charge on any atom is 0.255 e. The van der Waals surface area contributed by atoms with Crippen LogP contribution < -0.4 is 14.8 Å². The fraction of sp³-hybridized carbons (Fsp3) is 0.235. The van der Waals surface area contributed by atoms with E-state index in [1.165, 1.54) is 14.2 Å². The molecule has 0 saturated heterocycles. The van der Waals surface area contributed by atoms with Gasteiger partial charge in [-0.1, -0.05) is 12.1 Å². The number of nitrogens with one attached hydrogen (secondary N) is 1. The molecule has 0 radical (unpaired) electrons. The first-order valence-corrected chi connectivity index (χ1v) is 9.18. The molecule has 0 heterocycles. The van der Waals surface area contributed by atoms with Gasteiger partial charge in [-0.05, 0) is 17.7 Å². The third-order valence-corrected chi connectivity index (χ3v) is 4.09. The summed E-state index contributed by atoms with van der Waals surface area (Å²) in [5.74, 6) is 0.646. The van der Waals surface area contributed by atoms with Gasteiger partial charge in [0.05, 0.1) is 20.0 Å². The minimum absolute atomic E-state index is 0.110. The molecule has 0 atom stereocenters. The predicted octanol–water partition coefficient (Wildman–Crippen LogP) is 2.50. The van der Waals surface area contributed by atoms with Crippen molar-refractivity contribution in [2.75, 3.05) is 25.8 Å². The van der Waals surface area contributed by atoms with Crippen molar-refractivity contribution in [1.82, 2.24) is 0 Å². The number of rotatable bonds is 6. The number of ether oxygens (including phenoxy) is 2. The van der Waals surface area contributed by atoms with Crippen molar-refractivity contribution in [3.63, 3.8) is 0 Å². The fourth-order valence-electron chi connectivity index (χ4n) is 2.19. The molecule has 0 fully saturated rings. The van der Waals surface area contributed by atoms with E-state index >= 15 is 0 Å². The van der Waals surface area contributed by atoms with Crippen LogP contribution in [0.25, 0.3) is 0 Å². The number of benzene rings is 2. The van der Waals surface area contributed by atoms with Crippen LogP contribution in [0.3, 0.4) is 0 Å². The lowest BCUT2D eigenvalue weighted by molar-refractivity contribution is 0.102. The van der Waals surface area contributed by atoms with Gasteiger partial charge in [0, 0.05) is 35.7 Å². The number of hydrogen-bond donors (Lipinski definition) is 1. The van der Waals surface area contributed by atoms with Gasteiger partial charge >= 0.3 is 0 Å². The number of methoxy groups -OCH3 is 2. The van der Waals surface area contributed by atoms with Crippen molar-refractivity contribution in [2.24, 2.45) is 0 Å². The van der Waals surface area contributed by atoms with E-state index < -0.39 is 9.84 Å². The summed E-state index contributed by atoms with van der Waals surface area (Å²) in [5.41, 5.74) is 1.45. The summed E-state index contributed by atoms with van der Waals surface area (Å²) < 4.78 is 33.1. The Morgan fingerprint density at radius 2 is 1.67 bits per heavy atom. The minimum atomic E-state index is -3.16. The van der Waals surface area contributed by atoms with Crippen LogP contribution in [0.2, 0.25) is 0 Å². The van der Waals surface area contributed by atoms with Gasteiger partial charge in [0.2, 0.25) is 0 Å². The zero-order valence-corrected chi connectivity index (χ0v) is 14.5. The molecule has 1 amide bonds. The highest BCUT2D eigenvalue weighted by Gasteiger charge is 2.11. The molecule has 0 unspecified atom stereocenters. The van der Waals surface area contributed by atoms with Crippen LogP contribution in [0.5, 0.6) is 11.5 Å². The van der Waals surface area contributed by atoms with E-state index in [4.69, 9.17) is 9.47 Å². The molecule has 24 heavy (non-hydrogen) atoms. The van der Waals surface area contributed by atoms with Gasteiger partial charge in [0.15, 0.2) is 9.84 Å². The zero-order valence-electron chi connectivity index (χ0n) is 13.7. The Balaban J connectivity index is 2.22. The number of carbonyl (C=O) groups is 1. The monoisotopic (exact) mass is 349 g/mol. The third-order valence-electron chi connectivity index (χ3n) is 3.23. The molecule has 7 heteroatoms. The second-order valence-electron chi connectivity index (χ2n) is 5.33. The van der Waals surface area contributed by atoms with Crippen LogP contribution in [0, 0.1) is 0 Å². The van der Waals surface area contributed by atoms with Crippen molar-refractivity contribution in [3.05, 3.63) is 53.6 Å². The average molecular weight is 349 g/mol. The van der Waals surface area contributed by atoms with Crippen molar-refractivity contribution in [2.45, 2.75) is 5.75 Å². The van der Waals surface area contributed by atoms with E-state index in [9.17, 15) is 13.2 Å². The van der Waals surface area contributed by atoms with Gasteiger partial charge in [-0.25, -0.2) is 8.42 Å². The maximum absolute atomic E-state index is 12.4. The third kappa shape index (κ3) is 4.99. The van der Waals surface area contributed by atoms with E-state index in [1.54, 1.807) is 42.5 Å². The Bertz CT molecular complexity index is 824. The molecule has 0 aromatic heterocycles. The molecule has 2 aromatic rings. The van der Waals surface area contributed by atoms with Gasteiger partial charge in [-0.15, -0.1) is 0 Å². The van der Waals surface area contributed by atoms with E-state index in [0.717, 1.165) is 6.26 Å². The Morgan fingerprint density at radius 3 is 2.21 bits per heavy atom. The molecular formula is C17H19NO5S. The summed E-state index contributed by atoms with van der Waals surface area (Å²) in [6, 6.07) is 11.5. The van der Waals surface area contributed by atoms with E-state index in [1.807, 2.05) is 0 Å². The van der Waals surface area contributed by atoms with Gasteiger partial charge in [0.1, 0.15) is 11.5 Å². The number of carbonyl (C=O) groups excluding carboxylic acids is 1. The lowest BCUT2D eigenvalue weighted by Gasteiger charge is -2.10. The molecule has 128 valence electrons. The summed E-state index contributed by atoms with van der Waals surface area (Å²) >= 11 is 0. The molecule has 0 aliphatic rings. The van der Waals surface area contributed by atoms with Crippen LogP contribution in [0.15, 0.2) is 42.5 Å². The Morgan fingerprint density at radius 1 is 1.04 bits per heavy atom. The highest BCUT2D eigenvalue weighted by molar-refractivity contribution is 7.89. The molecule has 2 rings (SSSR count). The molecular weight excluding hydrogens is 330 g/mol. The first kappa shape index (κ1) is 17.8. The minimum Gasteiger partial charge on any atom is -0.497 e. The number of hydrogen-bond acceptors (Lipinski definition) is 5. The van der Waals surface area contributed by atoms with Gasteiger partial charge in [0.25, 0.3) is 5.91 Å². The Labute approximate surface area is 141 Å². The molecule has 6 nitrogen and oxygen atoms in total. The highest BCUT2D eigenvalue weighted by atomic mass is 32.2. The maximum atomic E-state index is 12.4. The largest absolute Gasteiger partial charge is 0.497 e. The van der Waals surface area contributed by atoms with Crippen LogP contribution in [0.1, 0.15) is 15.9 Å². The van der Waals surface area contributed by atoms with Crippen LogP contribution in [-0.2, 0) is 15.6 Å². The predicted molar refractivity (Wildman–Crippen MR) is 92.5 cm³/mol. The zero-order chi connectivity index (χ0) is 17.7. The standard InChI is InChI=1S/C17H19NO5S/c1-22-15-8-14(9-16(10-15)23-2)18-17(19)13-6-4-5-12(7-13)11-24(3,20)21/h4-10H,11H2,1-3H3,(H,18,19). The molecule has 0 bridgehead atoms. The van der Waals surface area contributed by atoms with Crippen LogP contribution >= 0.6 is 0 Å². The number of amides is 1.